The Hall–Kier alpha value is -0.810. The second-order valence-electron chi connectivity index (χ2n) is 5.67. The summed E-state index contributed by atoms with van der Waals surface area (Å²) >= 11 is 0. The Labute approximate surface area is 131 Å². The average molecular weight is 297 g/mol. The van der Waals surface area contributed by atoms with E-state index in [1.54, 1.807) is 0 Å². The highest BCUT2D eigenvalue weighted by Crippen LogP contribution is 1.99. The summed E-state index contributed by atoms with van der Waals surface area (Å²) in [7, 11) is 0. The van der Waals surface area contributed by atoms with Crippen LogP contribution in [-0.4, -0.2) is 74.7 Å². The lowest BCUT2D eigenvalue weighted by atomic mass is 10.2. The van der Waals surface area contributed by atoms with Gasteiger partial charge in [-0.2, -0.15) is 0 Å². The number of guanidine groups is 1. The summed E-state index contributed by atoms with van der Waals surface area (Å²) in [5.41, 5.74) is 0. The molecule has 0 bridgehead atoms. The molecule has 5 nitrogen and oxygen atoms in total. The molecule has 1 aliphatic heterocycles. The van der Waals surface area contributed by atoms with Gasteiger partial charge in [-0.15, -0.1) is 0 Å². The van der Waals surface area contributed by atoms with E-state index >= 15 is 0 Å². The molecule has 1 fully saturated rings. The largest absolute Gasteiger partial charge is 0.357 e. The monoisotopic (exact) mass is 297 g/mol. The predicted octanol–water partition coefficient (Wildman–Crippen LogP) is 1.37. The van der Waals surface area contributed by atoms with Crippen LogP contribution >= 0.6 is 0 Å². The minimum atomic E-state index is 0.925. The van der Waals surface area contributed by atoms with Crippen LogP contribution in [0.3, 0.4) is 0 Å². The topological polar surface area (TPSA) is 42.9 Å². The number of aliphatic imine (C=N–C) groups is 1. The molecule has 0 aromatic heterocycles. The molecule has 0 aromatic rings. The number of hydrogen-bond donors (Lipinski definition) is 2. The van der Waals surface area contributed by atoms with E-state index in [4.69, 9.17) is 0 Å². The molecule has 0 aliphatic carbocycles. The van der Waals surface area contributed by atoms with E-state index < -0.39 is 0 Å². The van der Waals surface area contributed by atoms with Crippen molar-refractivity contribution in [3.8, 4) is 0 Å². The molecule has 1 saturated heterocycles. The SMILES string of the molecule is CCCCCN=C(NCC)NCCN1CCN(CC)CC1. The summed E-state index contributed by atoms with van der Waals surface area (Å²) in [4.78, 5) is 9.69. The van der Waals surface area contributed by atoms with E-state index in [1.807, 2.05) is 0 Å². The predicted molar refractivity (Wildman–Crippen MR) is 92.1 cm³/mol. The lowest BCUT2D eigenvalue weighted by Crippen LogP contribution is -2.49. The van der Waals surface area contributed by atoms with Crippen LogP contribution in [0, 0.1) is 0 Å². The number of nitrogens with one attached hydrogen (secondary N) is 2. The molecule has 1 heterocycles. The van der Waals surface area contributed by atoms with E-state index in [9.17, 15) is 0 Å². The van der Waals surface area contributed by atoms with Crippen LogP contribution in [0.5, 0.6) is 0 Å². The Balaban J connectivity index is 2.17. The maximum Gasteiger partial charge on any atom is 0.191 e. The third-order valence-corrected chi connectivity index (χ3v) is 4.01. The quantitative estimate of drug-likeness (QED) is 0.383. The molecule has 5 heteroatoms. The van der Waals surface area contributed by atoms with E-state index in [-0.39, 0.29) is 0 Å². The second-order valence-corrected chi connectivity index (χ2v) is 5.67. The van der Waals surface area contributed by atoms with Gasteiger partial charge in [0.2, 0.25) is 0 Å². The molecular weight excluding hydrogens is 262 g/mol. The normalized spacial score (nSPS) is 18.0. The molecule has 0 aromatic carbocycles. The minimum absolute atomic E-state index is 0.925. The smallest absolute Gasteiger partial charge is 0.191 e. The fourth-order valence-corrected chi connectivity index (χ4v) is 2.56. The summed E-state index contributed by atoms with van der Waals surface area (Å²) < 4.78 is 0. The molecule has 0 radical (unpaired) electrons. The van der Waals surface area contributed by atoms with Crippen molar-refractivity contribution in [2.45, 2.75) is 40.0 Å². The highest BCUT2D eigenvalue weighted by Gasteiger charge is 2.14. The lowest BCUT2D eigenvalue weighted by molar-refractivity contribution is 0.139. The lowest BCUT2D eigenvalue weighted by Gasteiger charge is -2.34. The van der Waals surface area contributed by atoms with Crippen molar-refractivity contribution in [2.24, 2.45) is 4.99 Å². The highest BCUT2D eigenvalue weighted by atomic mass is 15.3. The molecule has 0 saturated carbocycles. The highest BCUT2D eigenvalue weighted by molar-refractivity contribution is 5.79. The molecule has 0 spiro atoms. The van der Waals surface area contributed by atoms with Gasteiger partial charge < -0.3 is 15.5 Å². The first-order valence-electron chi connectivity index (χ1n) is 8.77. The fourth-order valence-electron chi connectivity index (χ4n) is 2.56. The van der Waals surface area contributed by atoms with Crippen LogP contribution < -0.4 is 10.6 Å². The van der Waals surface area contributed by atoms with Crippen molar-refractivity contribution >= 4 is 5.96 Å². The van der Waals surface area contributed by atoms with Crippen LogP contribution in [0.15, 0.2) is 4.99 Å². The zero-order valence-corrected chi connectivity index (χ0v) is 14.3. The van der Waals surface area contributed by atoms with Crippen LogP contribution in [-0.2, 0) is 0 Å². The Morgan fingerprint density at radius 2 is 1.67 bits per heavy atom. The van der Waals surface area contributed by atoms with Gasteiger partial charge in [-0.3, -0.25) is 9.89 Å². The molecule has 1 rings (SSSR count). The molecule has 1 aliphatic rings. The first kappa shape index (κ1) is 18.2. The third-order valence-electron chi connectivity index (χ3n) is 4.01. The second kappa shape index (κ2) is 11.8. The molecule has 2 N–H and O–H groups in total. The van der Waals surface area contributed by atoms with E-state index in [0.29, 0.717) is 0 Å². The van der Waals surface area contributed by atoms with Gasteiger partial charge in [-0.05, 0) is 19.9 Å². The Bertz CT molecular complexity index is 272. The van der Waals surface area contributed by atoms with Crippen molar-refractivity contribution in [3.63, 3.8) is 0 Å². The standard InChI is InChI=1S/C16H35N5/c1-4-7-8-9-18-16(17-5-2)19-10-11-21-14-12-20(6-3)13-15-21/h4-15H2,1-3H3,(H2,17,18,19). The minimum Gasteiger partial charge on any atom is -0.357 e. The summed E-state index contributed by atoms with van der Waals surface area (Å²) in [5.74, 6) is 0.973. The van der Waals surface area contributed by atoms with Gasteiger partial charge in [0.15, 0.2) is 5.96 Å². The first-order valence-corrected chi connectivity index (χ1v) is 8.77. The maximum absolute atomic E-state index is 4.63. The molecule has 0 atom stereocenters. The average Bonchev–Trinajstić information content (AvgIpc) is 2.52. The fraction of sp³-hybridized carbons (Fsp3) is 0.938. The van der Waals surface area contributed by atoms with Gasteiger partial charge in [0.1, 0.15) is 0 Å². The van der Waals surface area contributed by atoms with Crippen molar-refractivity contribution in [1.29, 1.82) is 0 Å². The maximum atomic E-state index is 4.63. The van der Waals surface area contributed by atoms with Crippen LogP contribution in [0.2, 0.25) is 0 Å². The number of likely N-dealkylation sites (N-methyl/N-ethyl adjacent to an activating group) is 1. The van der Waals surface area contributed by atoms with Crippen LogP contribution in [0.1, 0.15) is 40.0 Å². The van der Waals surface area contributed by atoms with Gasteiger partial charge in [0.05, 0.1) is 0 Å². The van der Waals surface area contributed by atoms with E-state index in [1.165, 1.54) is 52.0 Å². The van der Waals surface area contributed by atoms with Crippen molar-refractivity contribution in [3.05, 3.63) is 0 Å². The number of nitrogens with zero attached hydrogens (tertiary/aromatic N) is 3. The molecular formula is C16H35N5. The first-order chi connectivity index (χ1) is 10.3. The van der Waals surface area contributed by atoms with E-state index in [0.717, 1.165) is 32.1 Å². The molecule has 0 unspecified atom stereocenters. The number of hydrogen-bond acceptors (Lipinski definition) is 3. The zero-order chi connectivity index (χ0) is 15.3. The molecule has 21 heavy (non-hydrogen) atoms. The van der Waals surface area contributed by atoms with Gasteiger partial charge in [0, 0.05) is 52.4 Å². The van der Waals surface area contributed by atoms with Crippen LogP contribution in [0.4, 0.5) is 0 Å². The number of unbranched alkanes of at least 4 members (excludes halogenated alkanes) is 2. The molecule has 0 amide bonds. The zero-order valence-electron chi connectivity index (χ0n) is 14.3. The van der Waals surface area contributed by atoms with Gasteiger partial charge in [-0.1, -0.05) is 26.7 Å². The summed E-state index contributed by atoms with van der Waals surface area (Å²) in [5, 5.41) is 6.78. The van der Waals surface area contributed by atoms with Gasteiger partial charge in [0.25, 0.3) is 0 Å². The summed E-state index contributed by atoms with van der Waals surface area (Å²) in [6.07, 6.45) is 3.71. The number of piperazine rings is 1. The Morgan fingerprint density at radius 3 is 2.29 bits per heavy atom. The van der Waals surface area contributed by atoms with Gasteiger partial charge >= 0.3 is 0 Å². The number of rotatable bonds is 9. The van der Waals surface area contributed by atoms with Crippen molar-refractivity contribution in [1.82, 2.24) is 20.4 Å². The summed E-state index contributed by atoms with van der Waals surface area (Å²) in [6.45, 7) is 16.5. The molecule has 124 valence electrons. The third kappa shape index (κ3) is 8.27. The van der Waals surface area contributed by atoms with Crippen LogP contribution in [0.25, 0.3) is 0 Å². The van der Waals surface area contributed by atoms with Crippen molar-refractivity contribution < 1.29 is 0 Å². The Morgan fingerprint density at radius 1 is 0.952 bits per heavy atom. The van der Waals surface area contributed by atoms with Crippen molar-refractivity contribution in [2.75, 3.05) is 58.9 Å². The van der Waals surface area contributed by atoms with E-state index in [2.05, 4.69) is 46.2 Å². The summed E-state index contributed by atoms with van der Waals surface area (Å²) in [6, 6.07) is 0. The Kier molecular flexibility index (Phi) is 10.3. The van der Waals surface area contributed by atoms with Gasteiger partial charge in [-0.25, -0.2) is 0 Å².